The number of benzene rings is 2. The molecule has 5 rings (SSSR count). The molecule has 0 spiro atoms. The Bertz CT molecular complexity index is 728. The van der Waals surface area contributed by atoms with Gasteiger partial charge in [-0.3, -0.25) is 0 Å². The van der Waals surface area contributed by atoms with Gasteiger partial charge in [-0.25, -0.2) is 0 Å². The summed E-state index contributed by atoms with van der Waals surface area (Å²) in [6.07, 6.45) is 9.84. The summed E-state index contributed by atoms with van der Waals surface area (Å²) in [5.74, 6) is 0. The monoisotopic (exact) mass is 416 g/mol. The summed E-state index contributed by atoms with van der Waals surface area (Å²) in [6, 6.07) is 18.1. The second kappa shape index (κ2) is 7.12. The third-order valence-electron chi connectivity index (χ3n) is 5.66. The molecule has 1 nitrogen and oxygen atoms in total. The van der Waals surface area contributed by atoms with Crippen molar-refractivity contribution in [3.8, 4) is 0 Å². The van der Waals surface area contributed by atoms with Crippen LogP contribution in [-0.2, 0) is 20.3 Å². The van der Waals surface area contributed by atoms with Crippen molar-refractivity contribution in [2.24, 2.45) is 0 Å². The average Bonchev–Trinajstić information content (AvgIpc) is 3.11. The van der Waals surface area contributed by atoms with E-state index in [4.69, 9.17) is 5.11 Å². The Kier molecular flexibility index (Phi) is 5.30. The first kappa shape index (κ1) is 17.9. The van der Waals surface area contributed by atoms with E-state index in [1.807, 2.05) is 0 Å². The summed E-state index contributed by atoms with van der Waals surface area (Å²) in [7, 11) is 1.00. The van der Waals surface area contributed by atoms with Crippen molar-refractivity contribution in [2.45, 2.75) is 15.5 Å². The summed E-state index contributed by atoms with van der Waals surface area (Å²) < 4.78 is 4.72. The van der Waals surface area contributed by atoms with Crippen LogP contribution in [0.2, 0.25) is 8.26 Å². The molecule has 1 fully saturated rings. The smallest absolute Gasteiger partial charge is 0.0319 e. The van der Waals surface area contributed by atoms with Crippen LogP contribution in [0.5, 0.6) is 0 Å². The molecule has 3 heteroatoms. The van der Waals surface area contributed by atoms with Gasteiger partial charge in [0.15, 0.2) is 0 Å². The minimum atomic E-state index is -2.13. The average molecular weight is 418 g/mol. The molecule has 2 aromatic rings. The molecule has 2 unspecified atom stereocenters. The normalized spacial score (nSPS) is 23.6. The first-order valence-corrected chi connectivity index (χ1v) is 14.7. The van der Waals surface area contributed by atoms with Gasteiger partial charge in [0, 0.05) is 7.11 Å². The standard InChI is InChI=1S/2C9H7.C2H4.CH4O.ClH.Zr/c2*1-2-5-9-7-3-6-8(9)4-1;2*1-2;;/h2*1-7H;1-2H2;2H,1H3;1H;. The van der Waals surface area contributed by atoms with E-state index < -0.39 is 20.3 Å². The topological polar surface area (TPSA) is 20.2 Å². The quantitative estimate of drug-likeness (QED) is 0.678. The molecule has 0 amide bonds. The van der Waals surface area contributed by atoms with Gasteiger partial charge in [-0.15, -0.1) is 12.4 Å². The molecule has 124 valence electrons. The molecule has 24 heavy (non-hydrogen) atoms. The van der Waals surface area contributed by atoms with E-state index >= 15 is 0 Å². The molecule has 2 atom stereocenters. The number of hydrogen-bond donors (Lipinski definition) is 1. The maximum Gasteiger partial charge on any atom is 0.0319 e. The Labute approximate surface area is 154 Å². The largest absolute Gasteiger partial charge is 0.400 e. The van der Waals surface area contributed by atoms with Crippen molar-refractivity contribution in [3.05, 3.63) is 82.9 Å². The second-order valence-corrected chi connectivity index (χ2v) is 18.2. The van der Waals surface area contributed by atoms with E-state index in [-0.39, 0.29) is 12.4 Å². The molecule has 0 aromatic heterocycles. The van der Waals surface area contributed by atoms with Crippen LogP contribution >= 0.6 is 12.4 Å². The van der Waals surface area contributed by atoms with Crippen molar-refractivity contribution in [1.29, 1.82) is 0 Å². The van der Waals surface area contributed by atoms with Gasteiger partial charge in [-0.05, 0) is 0 Å². The zero-order chi connectivity index (χ0) is 15.9. The molecule has 2 aliphatic carbocycles. The van der Waals surface area contributed by atoms with E-state index in [0.29, 0.717) is 0 Å². The summed E-state index contributed by atoms with van der Waals surface area (Å²) >= 11 is -2.13. The molecule has 1 heterocycles. The summed E-state index contributed by atoms with van der Waals surface area (Å²) in [5, 5.41) is 7.00. The van der Waals surface area contributed by atoms with Crippen molar-refractivity contribution in [1.82, 2.24) is 0 Å². The zero-order valence-corrected chi connectivity index (χ0v) is 17.1. The van der Waals surface area contributed by atoms with Crippen LogP contribution in [0.25, 0.3) is 12.2 Å². The van der Waals surface area contributed by atoms with Crippen molar-refractivity contribution in [3.63, 3.8) is 0 Å². The van der Waals surface area contributed by atoms with Crippen LogP contribution < -0.4 is 0 Å². The first-order valence-electron chi connectivity index (χ1n) is 8.37. The maximum atomic E-state index is 7.00. The van der Waals surface area contributed by atoms with Crippen LogP contribution in [0.4, 0.5) is 0 Å². The number of aliphatic hydroxyl groups excluding tert-OH is 1. The maximum absolute atomic E-state index is 7.00. The third kappa shape index (κ3) is 2.69. The minimum Gasteiger partial charge on any atom is -0.400 e. The molecule has 1 N–H and O–H groups in total. The van der Waals surface area contributed by atoms with E-state index in [2.05, 4.69) is 72.8 Å². The van der Waals surface area contributed by atoms with Crippen molar-refractivity contribution in [2.75, 3.05) is 7.11 Å². The fourth-order valence-electron chi connectivity index (χ4n) is 4.46. The van der Waals surface area contributed by atoms with Gasteiger partial charge in [0.25, 0.3) is 0 Å². The molecule has 2 aromatic carbocycles. The molecule has 0 radical (unpaired) electrons. The predicted octanol–water partition coefficient (Wildman–Crippen LogP) is 5.56. The van der Waals surface area contributed by atoms with Crippen LogP contribution in [0.15, 0.2) is 60.7 Å². The molecule has 0 saturated carbocycles. The van der Waals surface area contributed by atoms with E-state index in [0.717, 1.165) is 14.4 Å². The molecule has 1 saturated heterocycles. The van der Waals surface area contributed by atoms with Crippen LogP contribution in [0.1, 0.15) is 29.5 Å². The van der Waals surface area contributed by atoms with Gasteiger partial charge >= 0.3 is 131 Å². The van der Waals surface area contributed by atoms with E-state index in [1.54, 1.807) is 19.4 Å². The molecular formula is C21H23ClOZr. The fraction of sp³-hybridized carbons (Fsp3) is 0.238. The fourth-order valence-corrected chi connectivity index (χ4v) is 20.1. The third-order valence-corrected chi connectivity index (χ3v) is 18.3. The van der Waals surface area contributed by atoms with Crippen LogP contribution in [0, 0.1) is 0 Å². The number of halogens is 1. The number of fused-ring (bicyclic) bond motifs is 2. The first-order chi connectivity index (χ1) is 11.4. The van der Waals surface area contributed by atoms with E-state index in [9.17, 15) is 0 Å². The number of aliphatic hydroxyl groups is 1. The Morgan fingerprint density at radius 2 is 1.17 bits per heavy atom. The zero-order valence-electron chi connectivity index (χ0n) is 13.9. The van der Waals surface area contributed by atoms with E-state index in [1.165, 1.54) is 11.1 Å². The van der Waals surface area contributed by atoms with Gasteiger partial charge in [-0.2, -0.15) is 0 Å². The van der Waals surface area contributed by atoms with Crippen molar-refractivity contribution < 1.29 is 25.4 Å². The summed E-state index contributed by atoms with van der Waals surface area (Å²) in [6.45, 7) is 0. The molecular weight excluding hydrogens is 395 g/mol. The molecule has 1 aliphatic heterocycles. The number of allylic oxidation sites excluding steroid dienone is 2. The summed E-state index contributed by atoms with van der Waals surface area (Å²) in [5.41, 5.74) is 6.20. The molecule has 3 aliphatic rings. The van der Waals surface area contributed by atoms with Gasteiger partial charge in [0.1, 0.15) is 0 Å². The van der Waals surface area contributed by atoms with Gasteiger partial charge in [0.2, 0.25) is 0 Å². The van der Waals surface area contributed by atoms with Crippen LogP contribution in [0.3, 0.4) is 0 Å². The summed E-state index contributed by atoms with van der Waals surface area (Å²) in [4.78, 5) is 0. The Morgan fingerprint density at radius 3 is 1.58 bits per heavy atom. The van der Waals surface area contributed by atoms with Gasteiger partial charge in [-0.1, -0.05) is 0 Å². The Morgan fingerprint density at radius 1 is 0.750 bits per heavy atom. The Balaban J connectivity index is 0.000000545. The number of hydrogen-bond acceptors (Lipinski definition) is 1. The van der Waals surface area contributed by atoms with Gasteiger partial charge < -0.3 is 5.11 Å². The Hall–Kier alpha value is -0.947. The van der Waals surface area contributed by atoms with Crippen molar-refractivity contribution >= 4 is 24.6 Å². The molecule has 0 bridgehead atoms. The second-order valence-electron chi connectivity index (χ2n) is 6.66. The van der Waals surface area contributed by atoms with Gasteiger partial charge in [0.05, 0.1) is 0 Å². The SMILES string of the molecule is C1=C[CH]([Zr]2([CH]3C=Cc4ccccc43)[CH2][CH2]2)c2ccccc21.CO.Cl. The predicted molar refractivity (Wildman–Crippen MR) is 101 cm³/mol. The number of rotatable bonds is 2. The van der Waals surface area contributed by atoms with Crippen LogP contribution in [-0.4, -0.2) is 12.2 Å². The minimum absolute atomic E-state index is 0.